The van der Waals surface area contributed by atoms with Crippen molar-refractivity contribution in [3.8, 4) is 0 Å². The standard InChI is InChI=1S/C14H13ClN2OS/c1-9-3-10(2)5-11(4-9)7-19-14-12(6-18)13(15)16-8-17-14/h3-6,8H,7H2,1-2H3. The van der Waals surface area contributed by atoms with Gasteiger partial charge in [-0.15, -0.1) is 11.8 Å². The number of carbonyl (C=O) groups is 1. The fraction of sp³-hybridized carbons (Fsp3) is 0.214. The van der Waals surface area contributed by atoms with Gasteiger partial charge in [-0.1, -0.05) is 40.9 Å². The van der Waals surface area contributed by atoms with Crippen LogP contribution in [0.4, 0.5) is 0 Å². The molecule has 1 heterocycles. The third-order valence-corrected chi connectivity index (χ3v) is 3.95. The zero-order valence-corrected chi connectivity index (χ0v) is 12.3. The van der Waals surface area contributed by atoms with Gasteiger partial charge in [0.15, 0.2) is 6.29 Å². The molecule has 0 atom stereocenters. The molecule has 0 unspecified atom stereocenters. The second kappa shape index (κ2) is 6.17. The highest BCUT2D eigenvalue weighted by atomic mass is 35.5. The van der Waals surface area contributed by atoms with Crippen molar-refractivity contribution in [2.45, 2.75) is 24.6 Å². The molecule has 0 amide bonds. The lowest BCUT2D eigenvalue weighted by Crippen LogP contribution is -1.94. The SMILES string of the molecule is Cc1cc(C)cc(CSc2ncnc(Cl)c2C=O)c1. The maximum Gasteiger partial charge on any atom is 0.155 e. The molecule has 2 aromatic rings. The van der Waals surface area contributed by atoms with E-state index in [4.69, 9.17) is 11.6 Å². The molecule has 1 aromatic heterocycles. The van der Waals surface area contributed by atoms with Crippen LogP contribution in [0, 0.1) is 13.8 Å². The van der Waals surface area contributed by atoms with Gasteiger partial charge < -0.3 is 0 Å². The van der Waals surface area contributed by atoms with Gasteiger partial charge in [0.2, 0.25) is 0 Å². The molecular formula is C14H13ClN2OS. The molecule has 0 saturated heterocycles. The Morgan fingerprint density at radius 2 is 1.89 bits per heavy atom. The van der Waals surface area contributed by atoms with Crippen molar-refractivity contribution in [1.82, 2.24) is 9.97 Å². The number of aromatic nitrogens is 2. The van der Waals surface area contributed by atoms with Crippen LogP contribution >= 0.6 is 23.4 Å². The Morgan fingerprint density at radius 1 is 1.21 bits per heavy atom. The topological polar surface area (TPSA) is 42.9 Å². The quantitative estimate of drug-likeness (QED) is 0.488. The van der Waals surface area contributed by atoms with E-state index >= 15 is 0 Å². The molecule has 5 heteroatoms. The Hall–Kier alpha value is -1.39. The fourth-order valence-electron chi connectivity index (χ4n) is 1.88. The summed E-state index contributed by atoms with van der Waals surface area (Å²) in [5.41, 5.74) is 4.02. The van der Waals surface area contributed by atoms with Gasteiger partial charge in [0.05, 0.1) is 5.56 Å². The summed E-state index contributed by atoms with van der Waals surface area (Å²) in [6.07, 6.45) is 2.07. The predicted octanol–water partition coefficient (Wildman–Crippen LogP) is 3.85. The first-order chi connectivity index (χ1) is 9.10. The lowest BCUT2D eigenvalue weighted by molar-refractivity contribution is 0.112. The molecule has 0 saturated carbocycles. The number of aryl methyl sites for hydroxylation is 2. The van der Waals surface area contributed by atoms with Gasteiger partial charge in [-0.25, -0.2) is 9.97 Å². The third kappa shape index (κ3) is 3.55. The molecule has 0 spiro atoms. The summed E-state index contributed by atoms with van der Waals surface area (Å²) in [5, 5.41) is 0.821. The van der Waals surface area contributed by atoms with E-state index in [1.165, 1.54) is 34.8 Å². The molecule has 0 aliphatic heterocycles. The van der Waals surface area contributed by atoms with Crippen LogP contribution in [0.5, 0.6) is 0 Å². The highest BCUT2D eigenvalue weighted by molar-refractivity contribution is 7.98. The summed E-state index contributed by atoms with van der Waals surface area (Å²) in [5.74, 6) is 0.747. The van der Waals surface area contributed by atoms with E-state index in [9.17, 15) is 4.79 Å². The number of hydrogen-bond acceptors (Lipinski definition) is 4. The molecule has 0 aliphatic carbocycles. The van der Waals surface area contributed by atoms with Crippen molar-refractivity contribution >= 4 is 29.6 Å². The molecule has 2 rings (SSSR count). The van der Waals surface area contributed by atoms with E-state index in [0.717, 1.165) is 5.75 Å². The van der Waals surface area contributed by atoms with Crippen LogP contribution in [0.3, 0.4) is 0 Å². The predicted molar refractivity (Wildman–Crippen MR) is 77.9 cm³/mol. The van der Waals surface area contributed by atoms with E-state index < -0.39 is 0 Å². The average molecular weight is 293 g/mol. The zero-order chi connectivity index (χ0) is 13.8. The number of carbonyl (C=O) groups excluding carboxylic acids is 1. The van der Waals surface area contributed by atoms with Gasteiger partial charge in [-0.3, -0.25) is 4.79 Å². The van der Waals surface area contributed by atoms with Gasteiger partial charge in [0.1, 0.15) is 16.5 Å². The molecule has 0 N–H and O–H groups in total. The van der Waals surface area contributed by atoms with Crippen LogP contribution in [-0.4, -0.2) is 16.3 Å². The van der Waals surface area contributed by atoms with Crippen molar-refractivity contribution in [3.63, 3.8) is 0 Å². The summed E-state index contributed by atoms with van der Waals surface area (Å²) in [6, 6.07) is 6.39. The van der Waals surface area contributed by atoms with Crippen molar-refractivity contribution in [2.75, 3.05) is 0 Å². The molecule has 0 fully saturated rings. The van der Waals surface area contributed by atoms with Crippen LogP contribution in [0.2, 0.25) is 5.15 Å². The van der Waals surface area contributed by atoms with Gasteiger partial charge in [-0.05, 0) is 19.4 Å². The smallest absolute Gasteiger partial charge is 0.155 e. The minimum Gasteiger partial charge on any atom is -0.298 e. The van der Waals surface area contributed by atoms with Crippen LogP contribution in [0.25, 0.3) is 0 Å². The summed E-state index contributed by atoms with van der Waals surface area (Å²) in [4.78, 5) is 18.9. The summed E-state index contributed by atoms with van der Waals surface area (Å²) in [7, 11) is 0. The minimum atomic E-state index is 0.202. The summed E-state index contributed by atoms with van der Waals surface area (Å²) >= 11 is 7.36. The number of halogens is 1. The number of aldehydes is 1. The Labute approximate surface area is 121 Å². The molecule has 0 bridgehead atoms. The normalized spacial score (nSPS) is 10.5. The lowest BCUT2D eigenvalue weighted by atomic mass is 10.1. The Balaban J connectivity index is 2.19. The molecule has 0 radical (unpaired) electrons. The molecule has 0 aliphatic rings. The molecular weight excluding hydrogens is 280 g/mol. The highest BCUT2D eigenvalue weighted by Gasteiger charge is 2.09. The lowest BCUT2D eigenvalue weighted by Gasteiger charge is -2.06. The van der Waals surface area contributed by atoms with Gasteiger partial charge in [-0.2, -0.15) is 0 Å². The van der Waals surface area contributed by atoms with Crippen LogP contribution in [-0.2, 0) is 5.75 Å². The van der Waals surface area contributed by atoms with Crippen LogP contribution in [0.15, 0.2) is 29.6 Å². The Kier molecular flexibility index (Phi) is 4.56. The van der Waals surface area contributed by atoms with E-state index in [-0.39, 0.29) is 5.15 Å². The molecule has 19 heavy (non-hydrogen) atoms. The first kappa shape index (κ1) is 14.0. The molecule has 3 nitrogen and oxygen atoms in total. The van der Waals surface area contributed by atoms with Gasteiger partial charge in [0, 0.05) is 5.75 Å². The van der Waals surface area contributed by atoms with Crippen molar-refractivity contribution in [2.24, 2.45) is 0 Å². The Bertz CT molecular complexity index is 596. The summed E-state index contributed by atoms with van der Waals surface area (Å²) < 4.78 is 0. The number of nitrogens with zero attached hydrogens (tertiary/aromatic N) is 2. The first-order valence-electron chi connectivity index (χ1n) is 5.76. The highest BCUT2D eigenvalue weighted by Crippen LogP contribution is 2.26. The fourth-order valence-corrected chi connectivity index (χ4v) is 3.00. The largest absolute Gasteiger partial charge is 0.298 e. The van der Waals surface area contributed by atoms with Crippen molar-refractivity contribution < 1.29 is 4.79 Å². The number of benzene rings is 1. The maximum atomic E-state index is 11.0. The second-order valence-corrected chi connectivity index (χ2v) is 5.61. The first-order valence-corrected chi connectivity index (χ1v) is 7.12. The maximum absolute atomic E-state index is 11.0. The van der Waals surface area contributed by atoms with Crippen LogP contribution < -0.4 is 0 Å². The zero-order valence-electron chi connectivity index (χ0n) is 10.7. The monoisotopic (exact) mass is 292 g/mol. The summed E-state index contributed by atoms with van der Waals surface area (Å²) in [6.45, 7) is 4.14. The molecule has 98 valence electrons. The van der Waals surface area contributed by atoms with Gasteiger partial charge in [0.25, 0.3) is 0 Å². The number of hydrogen-bond donors (Lipinski definition) is 0. The third-order valence-electron chi connectivity index (χ3n) is 2.57. The van der Waals surface area contributed by atoms with Crippen molar-refractivity contribution in [1.29, 1.82) is 0 Å². The molecule has 1 aromatic carbocycles. The van der Waals surface area contributed by atoms with E-state index in [1.807, 2.05) is 0 Å². The van der Waals surface area contributed by atoms with Crippen LogP contribution in [0.1, 0.15) is 27.0 Å². The van der Waals surface area contributed by atoms with E-state index in [2.05, 4.69) is 42.0 Å². The number of rotatable bonds is 4. The van der Waals surface area contributed by atoms with Gasteiger partial charge >= 0.3 is 0 Å². The van der Waals surface area contributed by atoms with E-state index in [0.29, 0.717) is 16.9 Å². The second-order valence-electron chi connectivity index (χ2n) is 4.29. The Morgan fingerprint density at radius 3 is 2.53 bits per heavy atom. The average Bonchev–Trinajstić information content (AvgIpc) is 2.35. The number of thioether (sulfide) groups is 1. The van der Waals surface area contributed by atoms with Crippen molar-refractivity contribution in [3.05, 3.63) is 51.9 Å². The minimum absolute atomic E-state index is 0.202. The van der Waals surface area contributed by atoms with E-state index in [1.54, 1.807) is 0 Å².